The summed E-state index contributed by atoms with van der Waals surface area (Å²) in [6.07, 6.45) is -6.16. The first-order chi connectivity index (χ1) is 6.66. The fourth-order valence-corrected chi connectivity index (χ4v) is 0.964. The first-order valence-electron chi connectivity index (χ1n) is 3.93. The quantitative estimate of drug-likeness (QED) is 0.635. The van der Waals surface area contributed by atoms with Crippen molar-refractivity contribution in [3.05, 3.63) is 0 Å². The largest absolute Gasteiger partial charge is 0.481 e. The molecule has 0 amide bonds. The number of rotatable bonds is 5. The molecule has 0 rings (SSSR count). The topological polar surface area (TPSA) is 101 Å². The summed E-state index contributed by atoms with van der Waals surface area (Å²) in [5, 5.41) is 16.7. The van der Waals surface area contributed by atoms with Crippen molar-refractivity contribution in [2.45, 2.75) is 25.1 Å². The molecular formula is C7H10F3NO4. The van der Waals surface area contributed by atoms with Crippen LogP contribution in [-0.2, 0) is 9.59 Å². The second-order valence-corrected chi connectivity index (χ2v) is 2.94. The van der Waals surface area contributed by atoms with Crippen LogP contribution in [0.3, 0.4) is 0 Å². The second kappa shape index (κ2) is 4.96. The molecule has 0 spiro atoms. The fraction of sp³-hybridized carbons (Fsp3) is 0.714. The van der Waals surface area contributed by atoms with E-state index in [1.54, 1.807) is 0 Å². The average molecular weight is 229 g/mol. The predicted octanol–water partition coefficient (Wildman–Crippen LogP) is 0.442. The van der Waals surface area contributed by atoms with Crippen molar-refractivity contribution < 1.29 is 33.0 Å². The van der Waals surface area contributed by atoms with Crippen LogP contribution < -0.4 is 5.73 Å². The highest BCUT2D eigenvalue weighted by atomic mass is 19.4. The number of hydrogen-bond acceptors (Lipinski definition) is 3. The van der Waals surface area contributed by atoms with Crippen LogP contribution in [0, 0.1) is 5.92 Å². The minimum Gasteiger partial charge on any atom is -0.481 e. The fourth-order valence-electron chi connectivity index (χ4n) is 0.964. The normalized spacial score (nSPS) is 15.7. The van der Waals surface area contributed by atoms with E-state index in [2.05, 4.69) is 5.73 Å². The number of aliphatic carboxylic acids is 2. The van der Waals surface area contributed by atoms with E-state index in [9.17, 15) is 22.8 Å². The van der Waals surface area contributed by atoms with Crippen molar-refractivity contribution in [1.82, 2.24) is 0 Å². The van der Waals surface area contributed by atoms with Gasteiger partial charge in [-0.1, -0.05) is 0 Å². The molecule has 0 saturated heterocycles. The molecule has 0 aromatic rings. The van der Waals surface area contributed by atoms with Crippen molar-refractivity contribution in [3.8, 4) is 0 Å². The molecule has 8 heteroatoms. The summed E-state index contributed by atoms with van der Waals surface area (Å²) in [4.78, 5) is 20.5. The summed E-state index contributed by atoms with van der Waals surface area (Å²) in [5.74, 6) is -5.04. The number of carboxylic acid groups (broad SMARTS) is 2. The number of alkyl halides is 3. The summed E-state index contributed by atoms with van der Waals surface area (Å²) >= 11 is 0. The Morgan fingerprint density at radius 1 is 1.27 bits per heavy atom. The van der Waals surface area contributed by atoms with Crippen LogP contribution in [0.2, 0.25) is 0 Å². The molecule has 0 aromatic carbocycles. The summed E-state index contributed by atoms with van der Waals surface area (Å²) in [6, 6.07) is -2.55. The van der Waals surface area contributed by atoms with Crippen LogP contribution in [0.15, 0.2) is 0 Å². The van der Waals surface area contributed by atoms with Crippen molar-refractivity contribution >= 4 is 11.9 Å². The summed E-state index contributed by atoms with van der Waals surface area (Å²) < 4.78 is 36.1. The van der Waals surface area contributed by atoms with E-state index >= 15 is 0 Å². The van der Waals surface area contributed by atoms with Crippen molar-refractivity contribution in [3.63, 3.8) is 0 Å². The molecule has 0 aliphatic rings. The van der Waals surface area contributed by atoms with Gasteiger partial charge in [-0.15, -0.1) is 0 Å². The van der Waals surface area contributed by atoms with E-state index in [1.807, 2.05) is 0 Å². The number of hydrogen-bond donors (Lipinski definition) is 3. The Hall–Kier alpha value is -1.31. The van der Waals surface area contributed by atoms with Crippen molar-refractivity contribution in [2.75, 3.05) is 0 Å². The van der Waals surface area contributed by atoms with E-state index in [0.717, 1.165) is 0 Å². The lowest BCUT2D eigenvalue weighted by Crippen LogP contribution is -2.47. The Labute approximate surface area is 82.7 Å². The Balaban J connectivity index is 4.53. The molecule has 15 heavy (non-hydrogen) atoms. The molecule has 88 valence electrons. The molecular weight excluding hydrogens is 219 g/mol. The third kappa shape index (κ3) is 4.63. The van der Waals surface area contributed by atoms with Crippen LogP contribution in [-0.4, -0.2) is 34.4 Å². The maximum absolute atomic E-state index is 12.0. The lowest BCUT2D eigenvalue weighted by molar-refractivity contribution is -0.174. The van der Waals surface area contributed by atoms with E-state index in [1.165, 1.54) is 0 Å². The smallest absolute Gasteiger partial charge is 0.404 e. The first-order valence-corrected chi connectivity index (χ1v) is 3.93. The summed E-state index contributed by atoms with van der Waals surface area (Å²) in [6.45, 7) is 0. The van der Waals surface area contributed by atoms with Crippen LogP contribution in [0.1, 0.15) is 12.8 Å². The van der Waals surface area contributed by atoms with E-state index in [0.29, 0.717) is 0 Å². The van der Waals surface area contributed by atoms with Gasteiger partial charge in [-0.3, -0.25) is 9.59 Å². The Kier molecular flexibility index (Phi) is 4.53. The predicted molar refractivity (Wildman–Crippen MR) is 42.0 cm³/mol. The Bertz CT molecular complexity index is 253. The molecule has 0 heterocycles. The first kappa shape index (κ1) is 13.7. The van der Waals surface area contributed by atoms with Gasteiger partial charge in [-0.2, -0.15) is 13.2 Å². The molecule has 0 radical (unpaired) electrons. The monoisotopic (exact) mass is 229 g/mol. The minimum atomic E-state index is -4.85. The van der Waals surface area contributed by atoms with Crippen LogP contribution in [0.4, 0.5) is 13.2 Å². The second-order valence-electron chi connectivity index (χ2n) is 2.94. The number of nitrogens with two attached hydrogens (primary N) is 1. The molecule has 4 N–H and O–H groups in total. The molecule has 0 bridgehead atoms. The zero-order valence-electron chi connectivity index (χ0n) is 7.49. The Morgan fingerprint density at radius 2 is 1.73 bits per heavy atom. The zero-order valence-corrected chi connectivity index (χ0v) is 7.49. The summed E-state index contributed by atoms with van der Waals surface area (Å²) in [7, 11) is 0. The molecule has 2 unspecified atom stereocenters. The molecule has 0 aliphatic carbocycles. The molecule has 0 aliphatic heterocycles. The van der Waals surface area contributed by atoms with Gasteiger partial charge in [-0.05, 0) is 6.42 Å². The highest BCUT2D eigenvalue weighted by Gasteiger charge is 2.44. The van der Waals surface area contributed by atoms with E-state index in [4.69, 9.17) is 10.2 Å². The van der Waals surface area contributed by atoms with Gasteiger partial charge in [0.05, 0.1) is 5.92 Å². The third-order valence-corrected chi connectivity index (χ3v) is 1.80. The molecule has 0 saturated carbocycles. The van der Waals surface area contributed by atoms with Crippen LogP contribution in [0.5, 0.6) is 0 Å². The van der Waals surface area contributed by atoms with Crippen LogP contribution >= 0.6 is 0 Å². The zero-order chi connectivity index (χ0) is 12.2. The number of carboxylic acids is 2. The third-order valence-electron chi connectivity index (χ3n) is 1.80. The average Bonchev–Trinajstić information content (AvgIpc) is 2.01. The van der Waals surface area contributed by atoms with E-state index in [-0.39, 0.29) is 0 Å². The van der Waals surface area contributed by atoms with Gasteiger partial charge in [0, 0.05) is 6.42 Å². The van der Waals surface area contributed by atoms with E-state index < -0.39 is 42.9 Å². The molecule has 0 fully saturated rings. The SMILES string of the molecule is NC(C(CCC(=O)O)C(=O)O)C(F)(F)F. The van der Waals surface area contributed by atoms with Gasteiger partial charge >= 0.3 is 18.1 Å². The molecule has 2 atom stereocenters. The maximum Gasteiger partial charge on any atom is 0.404 e. The number of halogens is 3. The highest BCUT2D eigenvalue weighted by molar-refractivity contribution is 5.73. The van der Waals surface area contributed by atoms with Gasteiger partial charge in [-0.25, -0.2) is 0 Å². The Morgan fingerprint density at radius 3 is 2.00 bits per heavy atom. The minimum absolute atomic E-state index is 0.647. The highest BCUT2D eigenvalue weighted by Crippen LogP contribution is 2.26. The van der Waals surface area contributed by atoms with Gasteiger partial charge < -0.3 is 15.9 Å². The number of carbonyl (C=O) groups is 2. The molecule has 5 nitrogen and oxygen atoms in total. The molecule has 0 aromatic heterocycles. The van der Waals surface area contributed by atoms with Gasteiger partial charge in [0.2, 0.25) is 0 Å². The van der Waals surface area contributed by atoms with Crippen LogP contribution in [0.25, 0.3) is 0 Å². The van der Waals surface area contributed by atoms with Gasteiger partial charge in [0.25, 0.3) is 0 Å². The van der Waals surface area contributed by atoms with Gasteiger partial charge in [0.15, 0.2) is 0 Å². The van der Waals surface area contributed by atoms with Crippen molar-refractivity contribution in [2.24, 2.45) is 11.7 Å². The standard InChI is InChI=1S/C7H10F3NO4/c8-7(9,10)5(11)3(6(14)15)1-2-4(12)13/h3,5H,1-2,11H2,(H,12,13)(H,14,15). The lowest BCUT2D eigenvalue weighted by atomic mass is 9.95. The lowest BCUT2D eigenvalue weighted by Gasteiger charge is -2.21. The maximum atomic E-state index is 12.0. The summed E-state index contributed by atoms with van der Waals surface area (Å²) in [5.41, 5.74) is 4.68. The van der Waals surface area contributed by atoms with Gasteiger partial charge in [0.1, 0.15) is 6.04 Å². The van der Waals surface area contributed by atoms with Crippen molar-refractivity contribution in [1.29, 1.82) is 0 Å².